The van der Waals surface area contributed by atoms with Crippen molar-refractivity contribution < 1.29 is 14.4 Å². The van der Waals surface area contributed by atoms with Crippen molar-refractivity contribution in [3.8, 4) is 0 Å². The molecule has 1 heterocycles. The Kier molecular flexibility index (Phi) is 3.60. The molecule has 4 aliphatic carbocycles. The minimum absolute atomic E-state index is 0.171. The van der Waals surface area contributed by atoms with E-state index >= 15 is 0 Å². The SMILES string of the molecule is O=C(CN1C(=O)[C@H]2[C@@H]3C=C[C@H]([C@H]4C[C@H]34)[C@@H]2C1=O)Nc1ccc(Br)c(Cl)c1. The highest BCUT2D eigenvalue weighted by molar-refractivity contribution is 9.10. The summed E-state index contributed by atoms with van der Waals surface area (Å²) in [6, 6.07) is 5.06. The van der Waals surface area contributed by atoms with Gasteiger partial charge in [0.25, 0.3) is 0 Å². The third-order valence-electron chi connectivity index (χ3n) is 6.26. The van der Waals surface area contributed by atoms with Crippen LogP contribution in [0.3, 0.4) is 0 Å². The van der Waals surface area contributed by atoms with E-state index in [1.54, 1.807) is 18.2 Å². The highest BCUT2D eigenvalue weighted by Gasteiger charge is 2.67. The number of hydrogen-bond donors (Lipinski definition) is 1. The summed E-state index contributed by atoms with van der Waals surface area (Å²) in [4.78, 5) is 39.3. The highest BCUT2D eigenvalue weighted by Crippen LogP contribution is 2.65. The fourth-order valence-corrected chi connectivity index (χ4v) is 5.52. The molecule has 7 heteroatoms. The highest BCUT2D eigenvalue weighted by atomic mass is 79.9. The second kappa shape index (κ2) is 5.67. The van der Waals surface area contributed by atoms with Gasteiger partial charge in [0.05, 0.1) is 16.9 Å². The van der Waals surface area contributed by atoms with Gasteiger partial charge in [0.1, 0.15) is 6.54 Å². The molecule has 0 radical (unpaired) electrons. The number of allylic oxidation sites excluding steroid dienone is 2. The molecule has 1 N–H and O–H groups in total. The van der Waals surface area contributed by atoms with E-state index in [4.69, 9.17) is 11.6 Å². The zero-order valence-electron chi connectivity index (χ0n) is 13.7. The van der Waals surface area contributed by atoms with Crippen molar-refractivity contribution in [3.63, 3.8) is 0 Å². The van der Waals surface area contributed by atoms with E-state index in [2.05, 4.69) is 33.4 Å². The van der Waals surface area contributed by atoms with Gasteiger partial charge in [-0.25, -0.2) is 0 Å². The maximum Gasteiger partial charge on any atom is 0.244 e. The summed E-state index contributed by atoms with van der Waals surface area (Å²) in [5, 5.41) is 3.18. The van der Waals surface area contributed by atoms with Gasteiger partial charge in [0, 0.05) is 10.2 Å². The monoisotopic (exact) mass is 434 g/mol. The zero-order valence-corrected chi connectivity index (χ0v) is 16.0. The Bertz CT molecular complexity index is 850. The standard InChI is InChI=1S/C19H16BrClN2O3/c20-13-4-1-8(5-14(13)21)22-15(24)7-23-18(25)16-9-2-3-10(12-6-11(9)12)17(16)19(23)26/h1-5,9-12,16-17H,6-7H2,(H,22,24)/t9-,10-,11-,12-,16+,17+/m1/s1. The van der Waals surface area contributed by atoms with E-state index in [-0.39, 0.29) is 42.0 Å². The molecular weight excluding hydrogens is 420 g/mol. The third-order valence-corrected chi connectivity index (χ3v) is 7.49. The fraction of sp³-hybridized carbons (Fsp3) is 0.421. The van der Waals surface area contributed by atoms with Crippen molar-refractivity contribution in [3.05, 3.63) is 39.8 Å². The van der Waals surface area contributed by atoms with Gasteiger partial charge in [-0.1, -0.05) is 23.8 Å². The van der Waals surface area contributed by atoms with E-state index in [9.17, 15) is 14.4 Å². The predicted molar refractivity (Wildman–Crippen MR) is 99.2 cm³/mol. The quantitative estimate of drug-likeness (QED) is 0.586. The van der Waals surface area contributed by atoms with Crippen LogP contribution in [0.25, 0.3) is 0 Å². The zero-order chi connectivity index (χ0) is 18.2. The molecule has 26 heavy (non-hydrogen) atoms. The molecule has 2 bridgehead atoms. The van der Waals surface area contributed by atoms with Gasteiger partial charge >= 0.3 is 0 Å². The third kappa shape index (κ3) is 2.31. The van der Waals surface area contributed by atoms with Crippen molar-refractivity contribution in [1.29, 1.82) is 0 Å². The Morgan fingerprint density at radius 3 is 2.35 bits per heavy atom. The summed E-state index contributed by atoms with van der Waals surface area (Å²) in [6.45, 7) is -0.243. The maximum absolute atomic E-state index is 12.9. The van der Waals surface area contributed by atoms with Crippen LogP contribution in [0, 0.1) is 35.5 Å². The molecular formula is C19H16BrClN2O3. The summed E-state index contributed by atoms with van der Waals surface area (Å²) < 4.78 is 0.729. The second-order valence-electron chi connectivity index (χ2n) is 7.59. The lowest BCUT2D eigenvalue weighted by Gasteiger charge is -2.37. The number of rotatable bonds is 3. The number of amides is 3. The Morgan fingerprint density at radius 1 is 1.15 bits per heavy atom. The van der Waals surface area contributed by atoms with Crippen LogP contribution in [0.15, 0.2) is 34.8 Å². The van der Waals surface area contributed by atoms with Crippen LogP contribution in [-0.4, -0.2) is 29.2 Å². The molecule has 3 fully saturated rings. The van der Waals surface area contributed by atoms with Crippen molar-refractivity contribution in [1.82, 2.24) is 4.90 Å². The average Bonchev–Trinajstić information content (AvgIpc) is 3.39. The number of nitrogens with zero attached hydrogens (tertiary/aromatic N) is 1. The second-order valence-corrected chi connectivity index (χ2v) is 8.86. The first-order valence-electron chi connectivity index (χ1n) is 8.74. The lowest BCUT2D eigenvalue weighted by molar-refractivity contribution is -0.142. The molecule has 0 unspecified atom stereocenters. The van der Waals surface area contributed by atoms with Gasteiger partial charge in [0.2, 0.25) is 17.7 Å². The first-order chi connectivity index (χ1) is 12.5. The van der Waals surface area contributed by atoms with Crippen molar-refractivity contribution in [2.45, 2.75) is 6.42 Å². The summed E-state index contributed by atoms with van der Waals surface area (Å²) in [5.74, 6) is 0.155. The van der Waals surface area contributed by atoms with Crippen molar-refractivity contribution in [2.24, 2.45) is 35.5 Å². The average molecular weight is 436 g/mol. The molecule has 1 aromatic carbocycles. The van der Waals surface area contributed by atoms with Gasteiger partial charge < -0.3 is 5.32 Å². The predicted octanol–water partition coefficient (Wildman–Crippen LogP) is 3.09. The van der Waals surface area contributed by atoms with Gasteiger partial charge in [-0.15, -0.1) is 0 Å². The molecule has 5 aliphatic rings. The number of imide groups is 1. The van der Waals surface area contributed by atoms with Gasteiger partial charge in [-0.05, 0) is 64.2 Å². The van der Waals surface area contributed by atoms with E-state index < -0.39 is 5.91 Å². The largest absolute Gasteiger partial charge is 0.324 e. The Hall–Kier alpha value is -1.66. The first-order valence-corrected chi connectivity index (χ1v) is 9.91. The van der Waals surface area contributed by atoms with Crippen molar-refractivity contribution >= 4 is 50.9 Å². The van der Waals surface area contributed by atoms with Crippen molar-refractivity contribution in [2.75, 3.05) is 11.9 Å². The molecule has 3 amide bonds. The number of anilines is 1. The molecule has 1 aliphatic heterocycles. The van der Waals surface area contributed by atoms with Gasteiger partial charge in [-0.3, -0.25) is 19.3 Å². The van der Waals surface area contributed by atoms with Crippen LogP contribution < -0.4 is 5.32 Å². The molecule has 1 aromatic rings. The lowest BCUT2D eigenvalue weighted by atomic mass is 9.63. The first kappa shape index (κ1) is 16.5. The summed E-state index contributed by atoms with van der Waals surface area (Å²) in [6.07, 6.45) is 5.37. The molecule has 5 nitrogen and oxygen atoms in total. The Labute approximate surface area is 163 Å². The number of hydrogen-bond acceptors (Lipinski definition) is 3. The number of carbonyl (C=O) groups is 3. The van der Waals surface area contributed by atoms with E-state index in [0.29, 0.717) is 22.5 Å². The molecule has 6 rings (SSSR count). The number of benzene rings is 1. The van der Waals surface area contributed by atoms with Crippen LogP contribution >= 0.6 is 27.5 Å². The van der Waals surface area contributed by atoms with E-state index in [0.717, 1.165) is 15.8 Å². The van der Waals surface area contributed by atoms with Gasteiger partial charge in [0.15, 0.2) is 0 Å². The lowest BCUT2D eigenvalue weighted by Crippen LogP contribution is -2.40. The molecule has 0 aromatic heterocycles. The number of carbonyl (C=O) groups excluding carboxylic acids is 3. The minimum Gasteiger partial charge on any atom is -0.324 e. The minimum atomic E-state index is -0.394. The Morgan fingerprint density at radius 2 is 1.77 bits per heavy atom. The normalized spacial score (nSPS) is 36.2. The molecule has 6 atom stereocenters. The number of nitrogens with one attached hydrogen (secondary N) is 1. The van der Waals surface area contributed by atoms with E-state index in [1.165, 1.54) is 0 Å². The smallest absolute Gasteiger partial charge is 0.244 e. The van der Waals surface area contributed by atoms with Crippen LogP contribution in [0.1, 0.15) is 6.42 Å². The molecule has 2 saturated carbocycles. The summed E-state index contributed by atoms with van der Waals surface area (Å²) in [5.41, 5.74) is 0.530. The molecule has 134 valence electrons. The maximum atomic E-state index is 12.9. The summed E-state index contributed by atoms with van der Waals surface area (Å²) >= 11 is 9.32. The van der Waals surface area contributed by atoms with E-state index in [1.807, 2.05) is 0 Å². The Balaban J connectivity index is 1.32. The van der Waals surface area contributed by atoms with Gasteiger partial charge in [-0.2, -0.15) is 0 Å². The topological polar surface area (TPSA) is 66.5 Å². The van der Waals surface area contributed by atoms with Crippen LogP contribution in [0.5, 0.6) is 0 Å². The number of halogens is 2. The fourth-order valence-electron chi connectivity index (χ4n) is 5.09. The molecule has 1 saturated heterocycles. The van der Waals surface area contributed by atoms with Crippen LogP contribution in [-0.2, 0) is 14.4 Å². The van der Waals surface area contributed by atoms with Crippen LogP contribution in [0.4, 0.5) is 5.69 Å². The molecule has 0 spiro atoms. The van der Waals surface area contributed by atoms with Crippen LogP contribution in [0.2, 0.25) is 5.02 Å². The number of likely N-dealkylation sites (tertiary alicyclic amines) is 1. The summed E-state index contributed by atoms with van der Waals surface area (Å²) in [7, 11) is 0.